The van der Waals surface area contributed by atoms with E-state index in [-0.39, 0.29) is 17.1 Å². The van der Waals surface area contributed by atoms with Crippen molar-refractivity contribution in [3.8, 4) is 11.5 Å². The Morgan fingerprint density at radius 3 is 2.64 bits per heavy atom. The van der Waals surface area contributed by atoms with Gasteiger partial charge in [-0.2, -0.15) is 17.7 Å². The molecule has 4 heterocycles. The van der Waals surface area contributed by atoms with Crippen molar-refractivity contribution in [3.63, 3.8) is 0 Å². The van der Waals surface area contributed by atoms with Crippen LogP contribution in [0, 0.1) is 18.6 Å². The minimum Gasteiger partial charge on any atom is -0.453 e. The Bertz CT molecular complexity index is 1370. The lowest BCUT2D eigenvalue weighted by Crippen LogP contribution is -2.32. The van der Waals surface area contributed by atoms with Crippen molar-refractivity contribution < 1.29 is 26.7 Å². The number of anilines is 1. The molecule has 0 fully saturated rings. The summed E-state index contributed by atoms with van der Waals surface area (Å²) in [5.74, 6) is -2.32. The van der Waals surface area contributed by atoms with Crippen LogP contribution in [-0.4, -0.2) is 31.3 Å². The first kappa shape index (κ1) is 21.0. The summed E-state index contributed by atoms with van der Waals surface area (Å²) in [6.07, 6.45) is -2.73. The fourth-order valence-corrected chi connectivity index (χ4v) is 3.73. The number of benzene rings is 1. The van der Waals surface area contributed by atoms with Crippen molar-refractivity contribution in [2.45, 2.75) is 26.1 Å². The third kappa shape index (κ3) is 3.92. The van der Waals surface area contributed by atoms with Crippen molar-refractivity contribution in [1.82, 2.24) is 24.8 Å². The van der Waals surface area contributed by atoms with E-state index in [0.717, 1.165) is 17.3 Å². The van der Waals surface area contributed by atoms with Gasteiger partial charge in [0, 0.05) is 31.3 Å². The van der Waals surface area contributed by atoms with E-state index in [1.807, 2.05) is 4.90 Å². The van der Waals surface area contributed by atoms with Crippen LogP contribution in [0.4, 0.5) is 27.8 Å². The van der Waals surface area contributed by atoms with Crippen LogP contribution in [-0.2, 0) is 19.1 Å². The molecule has 1 aliphatic rings. The molecule has 0 aliphatic carbocycles. The van der Waals surface area contributed by atoms with Gasteiger partial charge in [0.1, 0.15) is 11.6 Å². The summed E-state index contributed by atoms with van der Waals surface area (Å²) >= 11 is 0. The van der Waals surface area contributed by atoms with E-state index in [0.29, 0.717) is 41.5 Å². The molecule has 1 aromatic carbocycles. The standard InChI is InChI=1S/C21H15F5N6O/c1-11-6-18-28-29-20(21(24,25)26)32(18)30-19(11)31-5-4-16-12(10-31)7-14(9-27-16)33-17-3-2-13(22)8-15(17)23/h2-3,6-9H,4-5,10H2,1H3. The maximum Gasteiger partial charge on any atom is 0.453 e. The van der Waals surface area contributed by atoms with Crippen molar-refractivity contribution in [1.29, 1.82) is 0 Å². The summed E-state index contributed by atoms with van der Waals surface area (Å²) in [6, 6.07) is 6.14. The average molecular weight is 462 g/mol. The highest BCUT2D eigenvalue weighted by Gasteiger charge is 2.38. The monoisotopic (exact) mass is 462 g/mol. The largest absolute Gasteiger partial charge is 0.453 e. The quantitative estimate of drug-likeness (QED) is 0.419. The SMILES string of the molecule is Cc1cc2nnc(C(F)(F)F)n2nc1N1CCc2ncc(Oc3ccc(F)cc3F)cc2C1. The molecular formula is C21H15F5N6O. The summed E-state index contributed by atoms with van der Waals surface area (Å²) in [4.78, 5) is 6.18. The molecule has 1 aliphatic heterocycles. The van der Waals surface area contributed by atoms with E-state index in [2.05, 4.69) is 20.3 Å². The lowest BCUT2D eigenvalue weighted by Gasteiger charge is -2.30. The zero-order valence-corrected chi connectivity index (χ0v) is 17.1. The molecule has 0 N–H and O–H groups in total. The predicted octanol–water partition coefficient (Wildman–Crippen LogP) is 4.48. The number of nitrogens with zero attached hydrogens (tertiary/aromatic N) is 6. The summed E-state index contributed by atoms with van der Waals surface area (Å²) in [5.41, 5.74) is 2.18. The van der Waals surface area contributed by atoms with Crippen molar-refractivity contribution in [2.24, 2.45) is 0 Å². The van der Waals surface area contributed by atoms with E-state index in [1.54, 1.807) is 13.0 Å². The van der Waals surface area contributed by atoms with Gasteiger partial charge in [0.15, 0.2) is 23.0 Å². The van der Waals surface area contributed by atoms with Crippen LogP contribution in [0.5, 0.6) is 11.5 Å². The molecule has 0 saturated heterocycles. The predicted molar refractivity (Wildman–Crippen MR) is 106 cm³/mol. The van der Waals surface area contributed by atoms with Crippen LogP contribution < -0.4 is 9.64 Å². The molecule has 0 bridgehead atoms. The van der Waals surface area contributed by atoms with Gasteiger partial charge in [0.25, 0.3) is 5.82 Å². The van der Waals surface area contributed by atoms with Gasteiger partial charge in [0.05, 0.1) is 6.20 Å². The maximum absolute atomic E-state index is 13.9. The molecule has 0 unspecified atom stereocenters. The van der Waals surface area contributed by atoms with Crippen LogP contribution >= 0.6 is 0 Å². The Balaban J connectivity index is 1.45. The molecule has 0 radical (unpaired) electrons. The first-order valence-corrected chi connectivity index (χ1v) is 9.85. The van der Waals surface area contributed by atoms with Gasteiger partial charge < -0.3 is 9.64 Å². The minimum absolute atomic E-state index is 0.000313. The minimum atomic E-state index is -4.70. The third-order valence-electron chi connectivity index (χ3n) is 5.25. The zero-order chi connectivity index (χ0) is 23.3. The summed E-state index contributed by atoms with van der Waals surface area (Å²) in [7, 11) is 0. The normalized spacial score (nSPS) is 13.9. The second-order valence-corrected chi connectivity index (χ2v) is 7.57. The molecule has 7 nitrogen and oxygen atoms in total. The first-order valence-electron chi connectivity index (χ1n) is 9.85. The highest BCUT2D eigenvalue weighted by Crippen LogP contribution is 2.32. The fraction of sp³-hybridized carbons (Fsp3) is 0.238. The summed E-state index contributed by atoms with van der Waals surface area (Å²) < 4.78 is 73.0. The molecule has 5 rings (SSSR count). The van der Waals surface area contributed by atoms with E-state index in [4.69, 9.17) is 4.74 Å². The molecule has 12 heteroatoms. The number of hydrogen-bond acceptors (Lipinski definition) is 6. The lowest BCUT2D eigenvalue weighted by molar-refractivity contribution is -0.146. The second-order valence-electron chi connectivity index (χ2n) is 7.57. The van der Waals surface area contributed by atoms with Gasteiger partial charge in [-0.15, -0.1) is 15.3 Å². The van der Waals surface area contributed by atoms with Gasteiger partial charge >= 0.3 is 6.18 Å². The Labute approximate surface area is 183 Å². The number of pyridine rings is 1. The molecule has 3 aromatic heterocycles. The Hall–Kier alpha value is -3.83. The topological polar surface area (TPSA) is 68.4 Å². The molecule has 0 spiro atoms. The number of aryl methyl sites for hydroxylation is 1. The molecule has 170 valence electrons. The van der Waals surface area contributed by atoms with E-state index in [9.17, 15) is 22.0 Å². The van der Waals surface area contributed by atoms with Gasteiger partial charge in [-0.1, -0.05) is 0 Å². The lowest BCUT2D eigenvalue weighted by atomic mass is 10.1. The number of aromatic nitrogens is 5. The number of ether oxygens (including phenoxy) is 1. The first-order chi connectivity index (χ1) is 15.7. The van der Waals surface area contributed by atoms with Gasteiger partial charge in [-0.05, 0) is 42.3 Å². The van der Waals surface area contributed by atoms with Crippen molar-refractivity contribution in [3.05, 3.63) is 70.8 Å². The van der Waals surface area contributed by atoms with Crippen LogP contribution in [0.25, 0.3) is 5.65 Å². The van der Waals surface area contributed by atoms with Crippen molar-refractivity contribution in [2.75, 3.05) is 11.4 Å². The van der Waals surface area contributed by atoms with Gasteiger partial charge in [0.2, 0.25) is 0 Å². The Kier molecular flexibility index (Phi) is 4.87. The van der Waals surface area contributed by atoms with E-state index >= 15 is 0 Å². The van der Waals surface area contributed by atoms with Crippen LogP contribution in [0.3, 0.4) is 0 Å². The molecule has 0 amide bonds. The van der Waals surface area contributed by atoms with Gasteiger partial charge in [-0.3, -0.25) is 4.98 Å². The maximum atomic E-state index is 13.9. The third-order valence-corrected chi connectivity index (χ3v) is 5.25. The Morgan fingerprint density at radius 1 is 1.06 bits per heavy atom. The molecule has 0 atom stereocenters. The summed E-state index contributed by atoms with van der Waals surface area (Å²) in [6.45, 7) is 2.51. The zero-order valence-electron chi connectivity index (χ0n) is 17.1. The molecule has 4 aromatic rings. The highest BCUT2D eigenvalue weighted by atomic mass is 19.4. The number of alkyl halides is 3. The second kappa shape index (κ2) is 7.64. The van der Waals surface area contributed by atoms with E-state index in [1.165, 1.54) is 18.3 Å². The average Bonchev–Trinajstić information content (AvgIpc) is 3.18. The van der Waals surface area contributed by atoms with Crippen LogP contribution in [0.15, 0.2) is 36.5 Å². The number of halogens is 5. The number of rotatable bonds is 3. The molecular weight excluding hydrogens is 447 g/mol. The van der Waals surface area contributed by atoms with Crippen LogP contribution in [0.1, 0.15) is 22.6 Å². The smallest absolute Gasteiger partial charge is 0.453 e. The molecule has 33 heavy (non-hydrogen) atoms. The Morgan fingerprint density at radius 2 is 1.88 bits per heavy atom. The molecule has 0 saturated carbocycles. The number of hydrogen-bond donors (Lipinski definition) is 0. The highest BCUT2D eigenvalue weighted by molar-refractivity contribution is 5.54. The van der Waals surface area contributed by atoms with Crippen LogP contribution in [0.2, 0.25) is 0 Å². The van der Waals surface area contributed by atoms with E-state index < -0.39 is 23.6 Å². The van der Waals surface area contributed by atoms with Gasteiger partial charge in [-0.25, -0.2) is 8.78 Å². The fourth-order valence-electron chi connectivity index (χ4n) is 3.73. The van der Waals surface area contributed by atoms with Crippen molar-refractivity contribution >= 4 is 11.5 Å². The number of fused-ring (bicyclic) bond motifs is 2. The summed E-state index contributed by atoms with van der Waals surface area (Å²) in [5, 5.41) is 11.0.